The number of amides is 1. The minimum atomic E-state index is -1.17. The number of furan rings is 1. The fourth-order valence-electron chi connectivity index (χ4n) is 3.72. The minimum absolute atomic E-state index is 0.0666. The van der Waals surface area contributed by atoms with Crippen molar-refractivity contribution < 1.29 is 28.2 Å². The molecule has 0 radical (unpaired) electrons. The van der Waals surface area contributed by atoms with E-state index in [-0.39, 0.29) is 28.3 Å². The smallest absolute Gasteiger partial charge is 0.296 e. The number of benzene rings is 2. The van der Waals surface area contributed by atoms with E-state index in [1.165, 1.54) is 41.5 Å². The highest BCUT2D eigenvalue weighted by Crippen LogP contribution is 2.42. The molecule has 0 aliphatic carbocycles. The van der Waals surface area contributed by atoms with Crippen LogP contribution in [0.1, 0.15) is 29.9 Å². The second-order valence-electron chi connectivity index (χ2n) is 7.10. The van der Waals surface area contributed by atoms with Gasteiger partial charge in [0.2, 0.25) is 0 Å². The van der Waals surface area contributed by atoms with Gasteiger partial charge < -0.3 is 19.2 Å². The van der Waals surface area contributed by atoms with Gasteiger partial charge in [-0.05, 0) is 43.3 Å². The number of carbonyl (C=O) groups is 2. The minimum Gasteiger partial charge on any atom is -0.507 e. The molecule has 1 fully saturated rings. The Bertz CT molecular complexity index is 1200. The Morgan fingerprint density at radius 3 is 2.66 bits per heavy atom. The van der Waals surface area contributed by atoms with Crippen LogP contribution < -0.4 is 4.74 Å². The Kier molecular flexibility index (Phi) is 6.01. The fourth-order valence-corrected chi connectivity index (χ4v) is 3.93. The van der Waals surface area contributed by atoms with E-state index in [2.05, 4.69) is 0 Å². The van der Waals surface area contributed by atoms with Crippen molar-refractivity contribution in [3.8, 4) is 5.75 Å². The van der Waals surface area contributed by atoms with Gasteiger partial charge >= 0.3 is 0 Å². The molecule has 0 bridgehead atoms. The second-order valence-corrected chi connectivity index (χ2v) is 7.51. The summed E-state index contributed by atoms with van der Waals surface area (Å²) in [5.41, 5.74) is -0.0888. The third-order valence-electron chi connectivity index (χ3n) is 5.15. The highest BCUT2D eigenvalue weighted by Gasteiger charge is 2.47. The Morgan fingerprint density at radius 2 is 1.97 bits per heavy atom. The number of nitrogens with zero attached hydrogens (tertiary/aromatic N) is 1. The van der Waals surface area contributed by atoms with Crippen molar-refractivity contribution in [1.29, 1.82) is 0 Å². The van der Waals surface area contributed by atoms with E-state index in [4.69, 9.17) is 20.8 Å². The normalized spacial score (nSPS) is 17.7. The number of halogens is 2. The summed E-state index contributed by atoms with van der Waals surface area (Å²) in [5.74, 6) is -2.13. The van der Waals surface area contributed by atoms with Crippen molar-refractivity contribution in [3.63, 3.8) is 0 Å². The first-order chi connectivity index (χ1) is 15.4. The number of Topliss-reactive ketones (excluding diaryl/α,β-unsaturated/α-hetero) is 1. The summed E-state index contributed by atoms with van der Waals surface area (Å²) < 4.78 is 25.6. The van der Waals surface area contributed by atoms with Gasteiger partial charge in [-0.2, -0.15) is 0 Å². The summed E-state index contributed by atoms with van der Waals surface area (Å²) in [5, 5.41) is 11.3. The summed E-state index contributed by atoms with van der Waals surface area (Å²) >= 11 is 6.28. The topological polar surface area (TPSA) is 80.0 Å². The fraction of sp³-hybridized carbons (Fsp3) is 0.167. The Labute approximate surface area is 188 Å². The summed E-state index contributed by atoms with van der Waals surface area (Å²) in [7, 11) is 0. The van der Waals surface area contributed by atoms with Crippen LogP contribution in [0.3, 0.4) is 0 Å². The molecule has 1 unspecified atom stereocenters. The third kappa shape index (κ3) is 3.87. The molecule has 8 heteroatoms. The molecular weight excluding hydrogens is 437 g/mol. The number of aliphatic hydroxyl groups is 1. The molecule has 4 rings (SSSR count). The van der Waals surface area contributed by atoms with Crippen molar-refractivity contribution in [2.75, 3.05) is 6.61 Å². The Hall–Kier alpha value is -3.58. The average Bonchev–Trinajstić information content (AvgIpc) is 3.38. The number of carbonyl (C=O) groups excluding carboxylic acids is 2. The lowest BCUT2D eigenvalue weighted by Crippen LogP contribution is -2.29. The summed E-state index contributed by atoms with van der Waals surface area (Å²) in [6.45, 7) is 2.09. The van der Waals surface area contributed by atoms with Crippen molar-refractivity contribution in [2.45, 2.75) is 19.5 Å². The molecular formula is C24H19ClFNO5. The molecule has 1 amide bonds. The molecule has 1 N–H and O–H groups in total. The molecule has 2 aromatic carbocycles. The van der Waals surface area contributed by atoms with Crippen molar-refractivity contribution in [2.24, 2.45) is 0 Å². The quantitative estimate of drug-likeness (QED) is 0.318. The van der Waals surface area contributed by atoms with Gasteiger partial charge in [0.05, 0.1) is 36.1 Å². The van der Waals surface area contributed by atoms with Gasteiger partial charge in [-0.25, -0.2) is 4.39 Å². The van der Waals surface area contributed by atoms with Crippen LogP contribution in [0.5, 0.6) is 5.75 Å². The van der Waals surface area contributed by atoms with E-state index < -0.39 is 29.3 Å². The highest BCUT2D eigenvalue weighted by molar-refractivity contribution is 6.47. The first-order valence-electron chi connectivity index (χ1n) is 9.90. The van der Waals surface area contributed by atoms with Crippen molar-refractivity contribution in [3.05, 3.63) is 94.2 Å². The van der Waals surface area contributed by atoms with Crippen LogP contribution in [0.2, 0.25) is 5.02 Å². The first kappa shape index (κ1) is 21.6. The summed E-state index contributed by atoms with van der Waals surface area (Å²) in [6.07, 6.45) is 1.43. The van der Waals surface area contributed by atoms with E-state index in [1.807, 2.05) is 0 Å². The van der Waals surface area contributed by atoms with Crippen LogP contribution in [-0.4, -0.2) is 28.3 Å². The molecule has 6 nitrogen and oxygen atoms in total. The van der Waals surface area contributed by atoms with Gasteiger partial charge in [0, 0.05) is 11.1 Å². The molecule has 0 saturated carbocycles. The predicted octanol–water partition coefficient (Wildman–Crippen LogP) is 5.09. The zero-order valence-electron chi connectivity index (χ0n) is 17.0. The van der Waals surface area contributed by atoms with E-state index >= 15 is 0 Å². The van der Waals surface area contributed by atoms with Crippen LogP contribution in [0.4, 0.5) is 4.39 Å². The van der Waals surface area contributed by atoms with Crippen molar-refractivity contribution in [1.82, 2.24) is 4.90 Å². The summed E-state index contributed by atoms with van der Waals surface area (Å²) in [6, 6.07) is 12.5. The van der Waals surface area contributed by atoms with Gasteiger partial charge in [0.25, 0.3) is 11.7 Å². The third-order valence-corrected chi connectivity index (χ3v) is 5.48. The van der Waals surface area contributed by atoms with Gasteiger partial charge in [0.15, 0.2) is 0 Å². The maximum Gasteiger partial charge on any atom is 0.296 e. The average molecular weight is 456 g/mol. The van der Waals surface area contributed by atoms with Crippen LogP contribution >= 0.6 is 11.6 Å². The molecule has 1 aliphatic heterocycles. The molecule has 1 aromatic heterocycles. The van der Waals surface area contributed by atoms with E-state index in [1.54, 1.807) is 31.2 Å². The van der Waals surface area contributed by atoms with Crippen LogP contribution in [0.25, 0.3) is 5.76 Å². The molecule has 1 atom stereocenters. The molecule has 2 heterocycles. The number of aliphatic hydroxyl groups excluding tert-OH is 1. The van der Waals surface area contributed by atoms with Crippen molar-refractivity contribution >= 4 is 29.1 Å². The lowest BCUT2D eigenvalue weighted by molar-refractivity contribution is -0.140. The van der Waals surface area contributed by atoms with E-state index in [0.29, 0.717) is 18.1 Å². The zero-order chi connectivity index (χ0) is 22.8. The zero-order valence-corrected chi connectivity index (χ0v) is 17.8. The van der Waals surface area contributed by atoms with Gasteiger partial charge in [-0.15, -0.1) is 0 Å². The molecule has 164 valence electrons. The maximum absolute atomic E-state index is 14.8. The molecule has 0 spiro atoms. The molecule has 1 aliphatic rings. The second kappa shape index (κ2) is 8.88. The van der Waals surface area contributed by atoms with E-state index in [0.717, 1.165) is 0 Å². The van der Waals surface area contributed by atoms with Crippen LogP contribution in [0, 0.1) is 5.82 Å². The standard InChI is InChI=1S/C24H19ClFNO5/c1-2-31-14-9-10-18(25)17(12-14)22(28)20-21(16-7-3-4-8-19(16)26)27(24(30)23(20)29)13-15-6-5-11-32-15/h3-12,21,28H,2,13H2,1H3/b22-20+. The van der Waals surface area contributed by atoms with Crippen LogP contribution in [-0.2, 0) is 16.1 Å². The SMILES string of the molecule is CCOc1ccc(Cl)c(/C(O)=C2\C(=O)C(=O)N(Cc3ccco3)C2c2ccccc2F)c1. The monoisotopic (exact) mass is 455 g/mol. The van der Waals surface area contributed by atoms with Gasteiger partial charge in [-0.3, -0.25) is 9.59 Å². The number of likely N-dealkylation sites (tertiary alicyclic amines) is 1. The van der Waals surface area contributed by atoms with Gasteiger partial charge in [-0.1, -0.05) is 29.8 Å². The number of hydrogen-bond donors (Lipinski definition) is 1. The first-order valence-corrected chi connectivity index (χ1v) is 10.3. The highest BCUT2D eigenvalue weighted by atomic mass is 35.5. The largest absolute Gasteiger partial charge is 0.507 e. The maximum atomic E-state index is 14.8. The number of ketones is 1. The molecule has 1 saturated heterocycles. The predicted molar refractivity (Wildman–Crippen MR) is 116 cm³/mol. The Morgan fingerprint density at radius 1 is 1.19 bits per heavy atom. The Balaban J connectivity index is 1.91. The molecule has 32 heavy (non-hydrogen) atoms. The van der Waals surface area contributed by atoms with Crippen LogP contribution in [0.15, 0.2) is 70.9 Å². The molecule has 3 aromatic rings. The lowest BCUT2D eigenvalue weighted by Gasteiger charge is -2.25. The summed E-state index contributed by atoms with van der Waals surface area (Å²) in [4.78, 5) is 27.1. The number of rotatable bonds is 6. The number of hydrogen-bond acceptors (Lipinski definition) is 5. The lowest BCUT2D eigenvalue weighted by atomic mass is 9.94. The van der Waals surface area contributed by atoms with E-state index in [9.17, 15) is 19.1 Å². The van der Waals surface area contributed by atoms with Gasteiger partial charge in [0.1, 0.15) is 23.1 Å². The number of ether oxygens (including phenoxy) is 1.